The fourth-order valence-electron chi connectivity index (χ4n) is 2.38. The average molecular weight is 289 g/mol. The zero-order valence-corrected chi connectivity index (χ0v) is 11.8. The first-order valence-electron chi connectivity index (χ1n) is 6.13. The Morgan fingerprint density at radius 2 is 1.79 bits per heavy atom. The second kappa shape index (κ2) is 5.19. The molecule has 2 aromatic rings. The Kier molecular flexibility index (Phi) is 3.40. The van der Waals surface area contributed by atoms with Gasteiger partial charge in [-0.05, 0) is 41.5 Å². The summed E-state index contributed by atoms with van der Waals surface area (Å²) in [6.45, 7) is 0.782. The zero-order valence-electron chi connectivity index (χ0n) is 10.2. The first kappa shape index (κ1) is 12.5. The highest BCUT2D eigenvalue weighted by atomic mass is 35.5. The maximum atomic E-state index is 5.96. The molecule has 2 N–H and O–H groups in total. The summed E-state index contributed by atoms with van der Waals surface area (Å²) in [5.74, 6) is 0.265. The minimum Gasteiger partial charge on any atom is -0.361 e. The molecule has 1 heterocycles. The van der Waals surface area contributed by atoms with Crippen molar-refractivity contribution in [3.05, 3.63) is 64.7 Å². The Labute approximate surface area is 122 Å². The lowest BCUT2D eigenvalue weighted by molar-refractivity contribution is 0.772. The third-order valence-electron chi connectivity index (χ3n) is 3.32. The first-order valence-corrected chi connectivity index (χ1v) is 6.92. The molecule has 0 fully saturated rings. The van der Waals surface area contributed by atoms with Gasteiger partial charge in [0.1, 0.15) is 0 Å². The molecule has 3 rings (SSSR count). The van der Waals surface area contributed by atoms with Crippen molar-refractivity contribution in [1.29, 1.82) is 0 Å². The summed E-state index contributed by atoms with van der Waals surface area (Å²) >= 11 is 11.2. The van der Waals surface area contributed by atoms with Crippen molar-refractivity contribution in [3.63, 3.8) is 0 Å². The standard InChI is InChI=1S/C15H13ClN2S/c16-11-7-5-10(6-8-11)13-9-17-15(19)18-14-4-2-1-3-12(13)14/h1-8,13H,9H2,(H2,17,18,19). The molecular weight excluding hydrogens is 276 g/mol. The highest BCUT2D eigenvalue weighted by Crippen LogP contribution is 2.32. The lowest BCUT2D eigenvalue weighted by Crippen LogP contribution is -2.28. The molecule has 0 radical (unpaired) electrons. The Hall–Kier alpha value is -1.58. The van der Waals surface area contributed by atoms with Crippen molar-refractivity contribution >= 4 is 34.6 Å². The van der Waals surface area contributed by atoms with Crippen LogP contribution in [-0.4, -0.2) is 11.7 Å². The van der Waals surface area contributed by atoms with E-state index in [-0.39, 0.29) is 5.92 Å². The molecule has 0 spiro atoms. The summed E-state index contributed by atoms with van der Waals surface area (Å²) < 4.78 is 0. The smallest absolute Gasteiger partial charge is 0.170 e. The van der Waals surface area contributed by atoms with Gasteiger partial charge in [-0.1, -0.05) is 41.9 Å². The fourth-order valence-corrected chi connectivity index (χ4v) is 2.70. The fraction of sp³-hybridized carbons (Fsp3) is 0.133. The van der Waals surface area contributed by atoms with Crippen molar-refractivity contribution in [2.24, 2.45) is 0 Å². The van der Waals surface area contributed by atoms with E-state index in [0.29, 0.717) is 5.11 Å². The quantitative estimate of drug-likeness (QED) is 0.781. The van der Waals surface area contributed by atoms with Gasteiger partial charge < -0.3 is 10.6 Å². The van der Waals surface area contributed by atoms with E-state index in [2.05, 4.69) is 41.0 Å². The molecule has 0 aliphatic carbocycles. The van der Waals surface area contributed by atoms with E-state index in [1.807, 2.05) is 18.2 Å². The Morgan fingerprint density at radius 3 is 2.58 bits per heavy atom. The predicted molar refractivity (Wildman–Crippen MR) is 84.0 cm³/mol. The molecule has 0 amide bonds. The summed E-state index contributed by atoms with van der Waals surface area (Å²) in [6, 6.07) is 16.2. The van der Waals surface area contributed by atoms with Gasteiger partial charge in [-0.2, -0.15) is 0 Å². The molecule has 2 nitrogen and oxygen atoms in total. The number of anilines is 1. The molecule has 0 saturated heterocycles. The molecule has 4 heteroatoms. The largest absolute Gasteiger partial charge is 0.361 e. The van der Waals surface area contributed by atoms with E-state index in [1.165, 1.54) is 11.1 Å². The number of fused-ring (bicyclic) bond motifs is 1. The number of benzene rings is 2. The molecule has 1 atom stereocenters. The van der Waals surface area contributed by atoms with Gasteiger partial charge in [0.05, 0.1) is 0 Å². The molecule has 19 heavy (non-hydrogen) atoms. The van der Waals surface area contributed by atoms with Crippen LogP contribution in [0.5, 0.6) is 0 Å². The van der Waals surface area contributed by atoms with Gasteiger partial charge in [-0.25, -0.2) is 0 Å². The Morgan fingerprint density at radius 1 is 1.05 bits per heavy atom. The molecule has 0 bridgehead atoms. The summed E-state index contributed by atoms with van der Waals surface area (Å²) in [6.07, 6.45) is 0. The van der Waals surface area contributed by atoms with Crippen LogP contribution in [0, 0.1) is 0 Å². The predicted octanol–water partition coefficient (Wildman–Crippen LogP) is 3.77. The van der Waals surface area contributed by atoms with Gasteiger partial charge in [0.15, 0.2) is 5.11 Å². The van der Waals surface area contributed by atoms with Crippen LogP contribution in [0.1, 0.15) is 17.0 Å². The van der Waals surface area contributed by atoms with Gasteiger partial charge >= 0.3 is 0 Å². The number of hydrogen-bond donors (Lipinski definition) is 2. The number of nitrogens with one attached hydrogen (secondary N) is 2. The minimum atomic E-state index is 0.265. The Bertz CT molecular complexity index is 610. The first-order chi connectivity index (χ1) is 9.24. The second-order valence-electron chi connectivity index (χ2n) is 4.53. The SMILES string of the molecule is S=C1NCC(c2ccc(Cl)cc2)c2ccccc2N1. The van der Waals surface area contributed by atoms with E-state index >= 15 is 0 Å². The van der Waals surface area contributed by atoms with Gasteiger partial charge in [-0.3, -0.25) is 0 Å². The second-order valence-corrected chi connectivity index (χ2v) is 5.37. The van der Waals surface area contributed by atoms with Crippen molar-refractivity contribution in [2.45, 2.75) is 5.92 Å². The minimum absolute atomic E-state index is 0.265. The molecular formula is C15H13ClN2S. The molecule has 0 saturated carbocycles. The van der Waals surface area contributed by atoms with Crippen LogP contribution in [0.2, 0.25) is 5.02 Å². The van der Waals surface area contributed by atoms with Crippen LogP contribution in [0.3, 0.4) is 0 Å². The summed E-state index contributed by atoms with van der Waals surface area (Å²) in [5, 5.41) is 7.90. The molecule has 1 aliphatic rings. The highest BCUT2D eigenvalue weighted by molar-refractivity contribution is 7.80. The van der Waals surface area contributed by atoms with Crippen molar-refractivity contribution in [1.82, 2.24) is 5.32 Å². The molecule has 0 aromatic heterocycles. The van der Waals surface area contributed by atoms with E-state index in [4.69, 9.17) is 23.8 Å². The van der Waals surface area contributed by atoms with Crippen molar-refractivity contribution in [3.8, 4) is 0 Å². The maximum absolute atomic E-state index is 5.96. The van der Waals surface area contributed by atoms with Crippen LogP contribution < -0.4 is 10.6 Å². The maximum Gasteiger partial charge on any atom is 0.170 e. The number of halogens is 1. The Balaban J connectivity index is 2.06. The third kappa shape index (κ3) is 2.57. The van der Waals surface area contributed by atoms with Gasteiger partial charge in [0.25, 0.3) is 0 Å². The third-order valence-corrected chi connectivity index (χ3v) is 3.82. The van der Waals surface area contributed by atoms with E-state index < -0.39 is 0 Å². The van der Waals surface area contributed by atoms with Crippen LogP contribution in [0.25, 0.3) is 0 Å². The van der Waals surface area contributed by atoms with Gasteiger partial charge in [0.2, 0.25) is 0 Å². The van der Waals surface area contributed by atoms with Crippen molar-refractivity contribution < 1.29 is 0 Å². The summed E-state index contributed by atoms with van der Waals surface area (Å²) in [4.78, 5) is 0. The average Bonchev–Trinajstić information content (AvgIpc) is 2.58. The lowest BCUT2D eigenvalue weighted by Gasteiger charge is -2.17. The van der Waals surface area contributed by atoms with Crippen LogP contribution >= 0.6 is 23.8 Å². The van der Waals surface area contributed by atoms with Gasteiger partial charge in [0, 0.05) is 23.2 Å². The molecule has 2 aromatic carbocycles. The van der Waals surface area contributed by atoms with Crippen LogP contribution in [0.4, 0.5) is 5.69 Å². The highest BCUT2D eigenvalue weighted by Gasteiger charge is 2.21. The normalized spacial score (nSPS) is 17.9. The van der Waals surface area contributed by atoms with E-state index in [9.17, 15) is 0 Å². The van der Waals surface area contributed by atoms with E-state index in [1.54, 1.807) is 0 Å². The van der Waals surface area contributed by atoms with Crippen LogP contribution in [-0.2, 0) is 0 Å². The number of rotatable bonds is 1. The van der Waals surface area contributed by atoms with Crippen LogP contribution in [0.15, 0.2) is 48.5 Å². The number of hydrogen-bond acceptors (Lipinski definition) is 1. The lowest BCUT2D eigenvalue weighted by atomic mass is 9.90. The molecule has 96 valence electrons. The molecule has 1 unspecified atom stereocenters. The number of para-hydroxylation sites is 1. The zero-order chi connectivity index (χ0) is 13.2. The van der Waals surface area contributed by atoms with E-state index in [0.717, 1.165) is 17.3 Å². The monoisotopic (exact) mass is 288 g/mol. The van der Waals surface area contributed by atoms with Crippen molar-refractivity contribution in [2.75, 3.05) is 11.9 Å². The molecule has 1 aliphatic heterocycles. The summed E-state index contributed by atoms with van der Waals surface area (Å²) in [5.41, 5.74) is 3.55. The topological polar surface area (TPSA) is 24.1 Å². The van der Waals surface area contributed by atoms with Gasteiger partial charge in [-0.15, -0.1) is 0 Å². The number of thiocarbonyl (C=S) groups is 1. The summed E-state index contributed by atoms with van der Waals surface area (Å²) in [7, 11) is 0.